The number of rotatable bonds is 4. The van der Waals surface area contributed by atoms with Crippen molar-refractivity contribution >= 4 is 11.6 Å². The molecule has 0 spiro atoms. The van der Waals surface area contributed by atoms with Crippen molar-refractivity contribution in [2.45, 2.75) is 18.8 Å². The number of nitrogens with zero attached hydrogens (tertiary/aromatic N) is 5. The van der Waals surface area contributed by atoms with E-state index in [1.54, 1.807) is 23.5 Å². The summed E-state index contributed by atoms with van der Waals surface area (Å²) < 4.78 is 3.72. The highest BCUT2D eigenvalue weighted by Gasteiger charge is 2.03. The average Bonchev–Trinajstić information content (AvgIpc) is 2.83. The molecule has 0 aromatic carbocycles. The zero-order valence-corrected chi connectivity index (χ0v) is 9.22. The van der Waals surface area contributed by atoms with Gasteiger partial charge in [0.05, 0.1) is 17.9 Å². The SMILES string of the molecule is Cn1cnc(CCn2cncc2CCl)n1. The van der Waals surface area contributed by atoms with Gasteiger partial charge < -0.3 is 4.57 Å². The molecule has 15 heavy (non-hydrogen) atoms. The first-order valence-corrected chi connectivity index (χ1v) is 5.22. The Balaban J connectivity index is 1.98. The van der Waals surface area contributed by atoms with E-state index in [1.165, 1.54) is 0 Å². The minimum atomic E-state index is 0.482. The third-order valence-corrected chi connectivity index (χ3v) is 2.43. The van der Waals surface area contributed by atoms with Gasteiger partial charge in [-0.2, -0.15) is 5.10 Å². The van der Waals surface area contributed by atoms with Crippen LogP contribution in [0, 0.1) is 0 Å². The summed E-state index contributed by atoms with van der Waals surface area (Å²) in [4.78, 5) is 8.20. The Hall–Kier alpha value is -1.36. The number of halogens is 1. The van der Waals surface area contributed by atoms with Crippen molar-refractivity contribution in [1.29, 1.82) is 0 Å². The number of imidazole rings is 1. The first kappa shape index (κ1) is 10.2. The summed E-state index contributed by atoms with van der Waals surface area (Å²) >= 11 is 5.76. The first-order valence-electron chi connectivity index (χ1n) is 4.69. The summed E-state index contributed by atoms with van der Waals surface area (Å²) in [6.45, 7) is 0.812. The summed E-state index contributed by atoms with van der Waals surface area (Å²) in [7, 11) is 1.86. The van der Waals surface area contributed by atoms with Gasteiger partial charge in [0, 0.05) is 26.2 Å². The second-order valence-corrected chi connectivity index (χ2v) is 3.56. The minimum Gasteiger partial charge on any atom is -0.333 e. The zero-order chi connectivity index (χ0) is 10.7. The van der Waals surface area contributed by atoms with Crippen molar-refractivity contribution in [3.8, 4) is 0 Å². The van der Waals surface area contributed by atoms with Gasteiger partial charge in [-0.1, -0.05) is 0 Å². The summed E-state index contributed by atoms with van der Waals surface area (Å²) in [6.07, 6.45) is 6.05. The quantitative estimate of drug-likeness (QED) is 0.730. The van der Waals surface area contributed by atoms with Crippen molar-refractivity contribution in [2.75, 3.05) is 0 Å². The average molecular weight is 226 g/mol. The van der Waals surface area contributed by atoms with Gasteiger partial charge in [-0.05, 0) is 0 Å². The Morgan fingerprint density at radius 1 is 1.40 bits per heavy atom. The fourth-order valence-corrected chi connectivity index (χ4v) is 1.60. The van der Waals surface area contributed by atoms with E-state index in [-0.39, 0.29) is 0 Å². The molecule has 2 aromatic rings. The Bertz CT molecular complexity index is 433. The maximum atomic E-state index is 5.76. The molecule has 0 aliphatic rings. The molecule has 0 saturated heterocycles. The van der Waals surface area contributed by atoms with Crippen LogP contribution >= 0.6 is 11.6 Å². The van der Waals surface area contributed by atoms with Crippen LogP contribution < -0.4 is 0 Å². The van der Waals surface area contributed by atoms with Crippen LogP contribution in [0.25, 0.3) is 0 Å². The summed E-state index contributed by atoms with van der Waals surface area (Å²) in [5.74, 6) is 1.32. The van der Waals surface area contributed by atoms with Crippen LogP contribution in [0.15, 0.2) is 18.9 Å². The topological polar surface area (TPSA) is 48.5 Å². The van der Waals surface area contributed by atoms with Gasteiger partial charge in [-0.15, -0.1) is 11.6 Å². The number of hydrogen-bond donors (Lipinski definition) is 0. The van der Waals surface area contributed by atoms with Gasteiger partial charge in [-0.25, -0.2) is 9.97 Å². The molecule has 0 N–H and O–H groups in total. The highest BCUT2D eigenvalue weighted by Crippen LogP contribution is 2.04. The van der Waals surface area contributed by atoms with Crippen LogP contribution in [0.1, 0.15) is 11.5 Å². The van der Waals surface area contributed by atoms with Crippen molar-refractivity contribution < 1.29 is 0 Å². The smallest absolute Gasteiger partial charge is 0.152 e. The molecule has 0 aliphatic heterocycles. The fraction of sp³-hybridized carbons (Fsp3) is 0.444. The Morgan fingerprint density at radius 2 is 2.27 bits per heavy atom. The molecule has 0 fully saturated rings. The van der Waals surface area contributed by atoms with Crippen LogP contribution in [0.2, 0.25) is 0 Å². The Morgan fingerprint density at radius 3 is 2.93 bits per heavy atom. The lowest BCUT2D eigenvalue weighted by Gasteiger charge is -2.03. The lowest BCUT2D eigenvalue weighted by Crippen LogP contribution is -2.04. The Kier molecular flexibility index (Phi) is 3.01. The van der Waals surface area contributed by atoms with Crippen LogP contribution in [-0.4, -0.2) is 24.3 Å². The molecule has 0 bridgehead atoms. The van der Waals surface area contributed by atoms with E-state index in [4.69, 9.17) is 11.6 Å². The van der Waals surface area contributed by atoms with E-state index in [9.17, 15) is 0 Å². The summed E-state index contributed by atoms with van der Waals surface area (Å²) in [5.41, 5.74) is 1.02. The second-order valence-electron chi connectivity index (χ2n) is 3.30. The second kappa shape index (κ2) is 4.44. The molecule has 80 valence electrons. The van der Waals surface area contributed by atoms with Crippen LogP contribution in [0.3, 0.4) is 0 Å². The third kappa shape index (κ3) is 2.36. The lowest BCUT2D eigenvalue weighted by molar-refractivity contribution is 0.644. The molecular weight excluding hydrogens is 214 g/mol. The van der Waals surface area contributed by atoms with E-state index in [0.29, 0.717) is 5.88 Å². The van der Waals surface area contributed by atoms with Crippen LogP contribution in [0.5, 0.6) is 0 Å². The molecule has 0 radical (unpaired) electrons. The molecule has 0 aliphatic carbocycles. The monoisotopic (exact) mass is 225 g/mol. The van der Waals surface area contributed by atoms with Gasteiger partial charge in [0.25, 0.3) is 0 Å². The number of hydrogen-bond acceptors (Lipinski definition) is 3. The highest BCUT2D eigenvalue weighted by molar-refractivity contribution is 6.16. The molecular formula is C9H12ClN5. The van der Waals surface area contributed by atoms with Crippen molar-refractivity contribution in [1.82, 2.24) is 24.3 Å². The highest BCUT2D eigenvalue weighted by atomic mass is 35.5. The predicted molar refractivity (Wildman–Crippen MR) is 56.5 cm³/mol. The van der Waals surface area contributed by atoms with E-state index in [1.807, 2.05) is 11.6 Å². The van der Waals surface area contributed by atoms with Crippen molar-refractivity contribution in [3.05, 3.63) is 30.4 Å². The van der Waals surface area contributed by atoms with Crippen molar-refractivity contribution in [3.63, 3.8) is 0 Å². The maximum Gasteiger partial charge on any atom is 0.152 e. The molecule has 2 aromatic heterocycles. The zero-order valence-electron chi connectivity index (χ0n) is 8.47. The van der Waals surface area contributed by atoms with Gasteiger partial charge in [0.1, 0.15) is 6.33 Å². The van der Waals surface area contributed by atoms with Crippen LogP contribution in [-0.2, 0) is 25.9 Å². The molecule has 0 amide bonds. The third-order valence-electron chi connectivity index (χ3n) is 2.16. The van der Waals surface area contributed by atoms with Gasteiger partial charge in [0.2, 0.25) is 0 Å². The lowest BCUT2D eigenvalue weighted by atomic mass is 10.4. The van der Waals surface area contributed by atoms with E-state index < -0.39 is 0 Å². The first-order chi connectivity index (χ1) is 7.29. The van der Waals surface area contributed by atoms with E-state index in [2.05, 4.69) is 15.1 Å². The maximum absolute atomic E-state index is 5.76. The van der Waals surface area contributed by atoms with Gasteiger partial charge >= 0.3 is 0 Å². The summed E-state index contributed by atoms with van der Waals surface area (Å²) in [5, 5.41) is 4.20. The minimum absolute atomic E-state index is 0.482. The number of aryl methyl sites for hydroxylation is 3. The molecule has 2 rings (SSSR count). The molecule has 6 heteroatoms. The number of alkyl halides is 1. The van der Waals surface area contributed by atoms with Gasteiger partial charge in [0.15, 0.2) is 5.82 Å². The van der Waals surface area contributed by atoms with E-state index >= 15 is 0 Å². The number of aromatic nitrogens is 5. The van der Waals surface area contributed by atoms with Crippen molar-refractivity contribution in [2.24, 2.45) is 7.05 Å². The molecule has 2 heterocycles. The predicted octanol–water partition coefficient (Wildman–Crippen LogP) is 0.993. The largest absolute Gasteiger partial charge is 0.333 e. The molecule has 0 unspecified atom stereocenters. The molecule has 5 nitrogen and oxygen atoms in total. The summed E-state index contributed by atoms with van der Waals surface area (Å²) in [6, 6.07) is 0. The Labute approximate surface area is 92.7 Å². The molecule has 0 atom stereocenters. The van der Waals surface area contributed by atoms with Crippen LogP contribution in [0.4, 0.5) is 0 Å². The molecule has 0 saturated carbocycles. The fourth-order valence-electron chi connectivity index (χ4n) is 1.38. The van der Waals surface area contributed by atoms with Gasteiger partial charge in [-0.3, -0.25) is 4.68 Å². The van der Waals surface area contributed by atoms with E-state index in [0.717, 1.165) is 24.5 Å². The standard InChI is InChI=1S/C9H12ClN5/c1-14-7-12-9(13-14)2-3-15-6-11-5-8(15)4-10/h5-7H,2-4H2,1H3. The normalized spacial score (nSPS) is 10.8.